The Bertz CT molecular complexity index is 511. The highest BCUT2D eigenvalue weighted by molar-refractivity contribution is 7.91. The van der Waals surface area contributed by atoms with Crippen LogP contribution in [0.5, 0.6) is 0 Å². The smallest absolute Gasteiger partial charge is 0.253 e. The fourth-order valence-electron chi connectivity index (χ4n) is 1.92. The van der Waals surface area contributed by atoms with E-state index in [1.165, 1.54) is 10.4 Å². The van der Waals surface area contributed by atoms with Gasteiger partial charge >= 0.3 is 0 Å². The van der Waals surface area contributed by atoms with Crippen LogP contribution in [0.3, 0.4) is 0 Å². The van der Waals surface area contributed by atoms with Crippen molar-refractivity contribution in [2.75, 3.05) is 6.54 Å². The van der Waals surface area contributed by atoms with E-state index in [9.17, 15) is 13.2 Å². The quantitative estimate of drug-likeness (QED) is 0.802. The Morgan fingerprint density at radius 2 is 2.18 bits per heavy atom. The van der Waals surface area contributed by atoms with Crippen LogP contribution in [-0.4, -0.2) is 31.6 Å². The third-order valence-electron chi connectivity index (χ3n) is 2.77. The molecule has 2 heterocycles. The number of halogens is 1. The maximum absolute atomic E-state index is 12.3. The molecule has 0 N–H and O–H groups in total. The minimum atomic E-state index is -3.57. The van der Waals surface area contributed by atoms with Gasteiger partial charge in [0, 0.05) is 6.54 Å². The number of carbonyl (C=O) groups excluding carboxylic acids is 1. The largest absolute Gasteiger partial charge is 0.302 e. The monoisotopic (exact) mass is 293 g/mol. The van der Waals surface area contributed by atoms with Gasteiger partial charge in [-0.1, -0.05) is 18.0 Å². The molecule has 0 spiro atoms. The highest BCUT2D eigenvalue weighted by atomic mass is 35.5. The van der Waals surface area contributed by atoms with Crippen molar-refractivity contribution in [1.29, 1.82) is 0 Å². The van der Waals surface area contributed by atoms with Gasteiger partial charge in [0.15, 0.2) is 0 Å². The molecule has 0 radical (unpaired) electrons. The lowest BCUT2D eigenvalue weighted by atomic mass is 10.1. The number of aldehydes is 1. The van der Waals surface area contributed by atoms with Gasteiger partial charge in [-0.2, -0.15) is 4.31 Å². The first kappa shape index (κ1) is 13.0. The van der Waals surface area contributed by atoms with Crippen molar-refractivity contribution < 1.29 is 13.2 Å². The normalized spacial score (nSPS) is 22.5. The minimum absolute atomic E-state index is 0.205. The molecule has 2 rings (SSSR count). The third kappa shape index (κ3) is 2.54. The zero-order valence-corrected chi connectivity index (χ0v) is 11.4. The first-order chi connectivity index (χ1) is 8.05. The van der Waals surface area contributed by atoms with Gasteiger partial charge in [0.1, 0.15) is 10.5 Å². The number of piperidine rings is 1. The molecule has 1 aliphatic rings. The maximum Gasteiger partial charge on any atom is 0.253 e. The van der Waals surface area contributed by atoms with Crippen LogP contribution >= 0.6 is 22.9 Å². The topological polar surface area (TPSA) is 54.5 Å². The van der Waals surface area contributed by atoms with Gasteiger partial charge in [0.05, 0.1) is 10.4 Å². The molecule has 0 saturated carbocycles. The Balaban J connectivity index is 2.34. The highest BCUT2D eigenvalue weighted by Crippen LogP contribution is 2.31. The molecule has 1 atom stereocenters. The second kappa shape index (κ2) is 5.06. The Morgan fingerprint density at radius 1 is 1.41 bits per heavy atom. The van der Waals surface area contributed by atoms with Crippen molar-refractivity contribution in [3.05, 3.63) is 16.5 Å². The van der Waals surface area contributed by atoms with E-state index in [-0.39, 0.29) is 4.21 Å². The van der Waals surface area contributed by atoms with Gasteiger partial charge in [-0.15, -0.1) is 11.3 Å². The number of nitrogens with zero attached hydrogens (tertiary/aromatic N) is 1. The van der Waals surface area contributed by atoms with Crippen LogP contribution < -0.4 is 0 Å². The summed E-state index contributed by atoms with van der Waals surface area (Å²) in [5.74, 6) is 0. The summed E-state index contributed by atoms with van der Waals surface area (Å²) in [7, 11) is -3.57. The molecule has 94 valence electrons. The molecular formula is C10H12ClNO3S2. The molecule has 1 unspecified atom stereocenters. The van der Waals surface area contributed by atoms with Gasteiger partial charge in [-0.05, 0) is 25.0 Å². The Morgan fingerprint density at radius 3 is 2.76 bits per heavy atom. The van der Waals surface area contributed by atoms with Crippen molar-refractivity contribution in [3.63, 3.8) is 0 Å². The van der Waals surface area contributed by atoms with Gasteiger partial charge in [0.2, 0.25) is 0 Å². The molecule has 1 saturated heterocycles. The SMILES string of the molecule is O=CC1CCCCN1S(=O)(=O)c1ccc(Cl)s1. The summed E-state index contributed by atoms with van der Waals surface area (Å²) >= 11 is 6.76. The van der Waals surface area contributed by atoms with Crippen LogP contribution in [0.25, 0.3) is 0 Å². The second-order valence-corrected chi connectivity index (χ2v) is 7.71. The lowest BCUT2D eigenvalue weighted by molar-refractivity contribution is -0.111. The van der Waals surface area contributed by atoms with Crippen LogP contribution in [0.15, 0.2) is 16.3 Å². The number of carbonyl (C=O) groups is 1. The van der Waals surface area contributed by atoms with Crippen LogP contribution in [0.2, 0.25) is 4.34 Å². The lowest BCUT2D eigenvalue weighted by Crippen LogP contribution is -2.44. The number of rotatable bonds is 3. The van der Waals surface area contributed by atoms with E-state index in [4.69, 9.17) is 11.6 Å². The predicted molar refractivity (Wildman–Crippen MR) is 66.9 cm³/mol. The molecule has 17 heavy (non-hydrogen) atoms. The summed E-state index contributed by atoms with van der Waals surface area (Å²) in [5.41, 5.74) is 0. The summed E-state index contributed by atoms with van der Waals surface area (Å²) in [6, 6.07) is 2.51. The van der Waals surface area contributed by atoms with Crippen molar-refractivity contribution >= 4 is 39.2 Å². The van der Waals surface area contributed by atoms with Gasteiger partial charge in [-0.3, -0.25) is 0 Å². The van der Waals surface area contributed by atoms with Gasteiger partial charge in [-0.25, -0.2) is 8.42 Å². The zero-order chi connectivity index (χ0) is 12.5. The predicted octanol–water partition coefficient (Wildman–Crippen LogP) is 2.14. The van der Waals surface area contributed by atoms with Gasteiger partial charge < -0.3 is 4.79 Å². The Hall–Kier alpha value is -0.430. The molecule has 1 aliphatic heterocycles. The summed E-state index contributed by atoms with van der Waals surface area (Å²) in [4.78, 5) is 10.9. The fourth-order valence-corrected chi connectivity index (χ4v) is 5.16. The van der Waals surface area contributed by atoms with E-state index < -0.39 is 16.1 Å². The standard InChI is InChI=1S/C10H12ClNO3S2/c11-9-4-5-10(16-9)17(14,15)12-6-2-1-3-8(12)7-13/h4-5,7-8H,1-3,6H2. The average Bonchev–Trinajstić information content (AvgIpc) is 2.76. The molecule has 1 aromatic heterocycles. The maximum atomic E-state index is 12.3. The lowest BCUT2D eigenvalue weighted by Gasteiger charge is -2.30. The van der Waals surface area contributed by atoms with Crippen LogP contribution in [0.4, 0.5) is 0 Å². The number of hydrogen-bond donors (Lipinski definition) is 0. The summed E-state index contributed by atoms with van der Waals surface area (Å²) in [6.07, 6.45) is 3.00. The molecule has 7 heteroatoms. The van der Waals surface area contributed by atoms with Crippen molar-refractivity contribution in [1.82, 2.24) is 4.31 Å². The van der Waals surface area contributed by atoms with Crippen molar-refractivity contribution in [2.24, 2.45) is 0 Å². The van der Waals surface area contributed by atoms with Crippen LogP contribution in [-0.2, 0) is 14.8 Å². The summed E-state index contributed by atoms with van der Waals surface area (Å²) < 4.78 is 26.5. The number of hydrogen-bond acceptors (Lipinski definition) is 4. The number of sulfonamides is 1. The van der Waals surface area contributed by atoms with E-state index >= 15 is 0 Å². The van der Waals surface area contributed by atoms with E-state index in [0.717, 1.165) is 24.2 Å². The molecule has 0 aromatic carbocycles. The first-order valence-electron chi connectivity index (χ1n) is 5.28. The van der Waals surface area contributed by atoms with Crippen LogP contribution in [0, 0.1) is 0 Å². The molecule has 1 aromatic rings. The zero-order valence-electron chi connectivity index (χ0n) is 9.00. The third-order valence-corrected chi connectivity index (χ3v) is 6.39. The van der Waals surface area contributed by atoms with Crippen LogP contribution in [0.1, 0.15) is 19.3 Å². The molecule has 0 bridgehead atoms. The summed E-state index contributed by atoms with van der Waals surface area (Å²) in [5, 5.41) is 0. The number of thiophene rings is 1. The Labute approximate surface area is 109 Å². The van der Waals surface area contributed by atoms with Crippen molar-refractivity contribution in [3.8, 4) is 0 Å². The molecular weight excluding hydrogens is 282 g/mol. The Kier molecular flexibility index (Phi) is 3.87. The van der Waals surface area contributed by atoms with Gasteiger partial charge in [0.25, 0.3) is 10.0 Å². The minimum Gasteiger partial charge on any atom is -0.302 e. The molecule has 0 amide bonds. The molecule has 0 aliphatic carbocycles. The second-order valence-electron chi connectivity index (χ2n) is 3.87. The first-order valence-corrected chi connectivity index (χ1v) is 7.91. The van der Waals surface area contributed by atoms with Crippen molar-refractivity contribution in [2.45, 2.75) is 29.5 Å². The average molecular weight is 294 g/mol. The molecule has 4 nitrogen and oxygen atoms in total. The van der Waals surface area contributed by atoms with E-state index in [1.54, 1.807) is 6.07 Å². The van der Waals surface area contributed by atoms with E-state index in [2.05, 4.69) is 0 Å². The summed E-state index contributed by atoms with van der Waals surface area (Å²) in [6.45, 7) is 0.404. The molecule has 1 fully saturated rings. The van der Waals surface area contributed by atoms with E-state index in [1.807, 2.05) is 0 Å². The van der Waals surface area contributed by atoms with E-state index in [0.29, 0.717) is 23.6 Å². The highest BCUT2D eigenvalue weighted by Gasteiger charge is 2.34. The fraction of sp³-hybridized carbons (Fsp3) is 0.500.